The number of hydrogen-bond donors (Lipinski definition) is 0. The van der Waals surface area contributed by atoms with Crippen molar-refractivity contribution in [3.63, 3.8) is 0 Å². The van der Waals surface area contributed by atoms with Crippen molar-refractivity contribution in [1.82, 2.24) is 10.1 Å². The SMILES string of the molecule is CCOC(=O)c1nc(C2(c3ccccc3)CCC2)no1. The normalized spacial score (nSPS) is 16.4. The maximum absolute atomic E-state index is 11.6. The molecule has 0 saturated heterocycles. The van der Waals surface area contributed by atoms with E-state index in [0.717, 1.165) is 19.3 Å². The van der Waals surface area contributed by atoms with Crippen LogP contribution in [0.2, 0.25) is 0 Å². The van der Waals surface area contributed by atoms with E-state index in [1.807, 2.05) is 18.2 Å². The molecule has 2 aromatic rings. The van der Waals surface area contributed by atoms with Gasteiger partial charge in [0.15, 0.2) is 5.82 Å². The number of carbonyl (C=O) groups is 1. The molecule has 104 valence electrons. The lowest BCUT2D eigenvalue weighted by Crippen LogP contribution is -2.36. The van der Waals surface area contributed by atoms with Crippen LogP contribution in [0, 0.1) is 0 Å². The molecule has 0 aliphatic heterocycles. The average Bonchev–Trinajstić information content (AvgIpc) is 2.89. The van der Waals surface area contributed by atoms with Gasteiger partial charge in [0.25, 0.3) is 0 Å². The topological polar surface area (TPSA) is 65.2 Å². The Labute approximate surface area is 116 Å². The molecule has 0 radical (unpaired) electrons. The first-order chi connectivity index (χ1) is 9.76. The quantitative estimate of drug-likeness (QED) is 0.801. The van der Waals surface area contributed by atoms with Crippen LogP contribution in [0.3, 0.4) is 0 Å². The molecule has 0 N–H and O–H groups in total. The van der Waals surface area contributed by atoms with Crippen LogP contribution in [-0.2, 0) is 10.2 Å². The fraction of sp³-hybridized carbons (Fsp3) is 0.400. The zero-order chi connectivity index (χ0) is 14.0. The smallest absolute Gasteiger partial charge is 0.397 e. The highest BCUT2D eigenvalue weighted by atomic mass is 16.6. The number of nitrogens with zero attached hydrogens (tertiary/aromatic N) is 2. The average molecular weight is 272 g/mol. The Kier molecular flexibility index (Phi) is 3.26. The highest BCUT2D eigenvalue weighted by molar-refractivity contribution is 5.84. The van der Waals surface area contributed by atoms with E-state index in [0.29, 0.717) is 12.4 Å². The van der Waals surface area contributed by atoms with Crippen LogP contribution in [-0.4, -0.2) is 22.7 Å². The third kappa shape index (κ3) is 1.99. The summed E-state index contributed by atoms with van der Waals surface area (Å²) in [5.41, 5.74) is 0.956. The minimum Gasteiger partial charge on any atom is -0.459 e. The molecular weight excluding hydrogens is 256 g/mol. The molecule has 0 atom stereocenters. The van der Waals surface area contributed by atoms with Crippen molar-refractivity contribution < 1.29 is 14.1 Å². The molecular formula is C15H16N2O3. The Bertz CT molecular complexity index is 603. The van der Waals surface area contributed by atoms with Gasteiger partial charge in [-0.2, -0.15) is 4.98 Å². The van der Waals surface area contributed by atoms with Crippen molar-refractivity contribution in [3.05, 3.63) is 47.6 Å². The number of aromatic nitrogens is 2. The molecule has 1 aliphatic carbocycles. The van der Waals surface area contributed by atoms with E-state index in [1.165, 1.54) is 5.56 Å². The summed E-state index contributed by atoms with van der Waals surface area (Å²) in [7, 11) is 0. The lowest BCUT2D eigenvalue weighted by molar-refractivity contribution is 0.0470. The van der Waals surface area contributed by atoms with Crippen molar-refractivity contribution in [1.29, 1.82) is 0 Å². The maximum Gasteiger partial charge on any atom is 0.397 e. The lowest BCUT2D eigenvalue weighted by Gasteiger charge is -2.39. The molecule has 1 aromatic heterocycles. The van der Waals surface area contributed by atoms with Gasteiger partial charge in [-0.3, -0.25) is 0 Å². The van der Waals surface area contributed by atoms with E-state index in [4.69, 9.17) is 9.26 Å². The van der Waals surface area contributed by atoms with Gasteiger partial charge in [-0.25, -0.2) is 4.79 Å². The summed E-state index contributed by atoms with van der Waals surface area (Å²) in [6.45, 7) is 2.03. The summed E-state index contributed by atoms with van der Waals surface area (Å²) < 4.78 is 9.92. The first-order valence-electron chi connectivity index (χ1n) is 6.83. The number of rotatable bonds is 4. The van der Waals surface area contributed by atoms with Gasteiger partial charge >= 0.3 is 11.9 Å². The van der Waals surface area contributed by atoms with Crippen molar-refractivity contribution in [2.45, 2.75) is 31.6 Å². The van der Waals surface area contributed by atoms with E-state index < -0.39 is 5.97 Å². The molecule has 1 aromatic carbocycles. The van der Waals surface area contributed by atoms with Crippen LogP contribution in [0.25, 0.3) is 0 Å². The van der Waals surface area contributed by atoms with E-state index in [9.17, 15) is 4.79 Å². The maximum atomic E-state index is 11.6. The van der Waals surface area contributed by atoms with Crippen LogP contribution in [0.5, 0.6) is 0 Å². The fourth-order valence-corrected chi connectivity index (χ4v) is 2.62. The molecule has 1 heterocycles. The molecule has 1 aliphatic rings. The Morgan fingerprint density at radius 3 is 2.70 bits per heavy atom. The monoisotopic (exact) mass is 272 g/mol. The van der Waals surface area contributed by atoms with Crippen molar-refractivity contribution in [2.75, 3.05) is 6.61 Å². The number of carbonyl (C=O) groups excluding carboxylic acids is 1. The van der Waals surface area contributed by atoms with E-state index in [-0.39, 0.29) is 11.3 Å². The van der Waals surface area contributed by atoms with Gasteiger partial charge in [-0.05, 0) is 25.3 Å². The summed E-state index contributed by atoms with van der Waals surface area (Å²) in [4.78, 5) is 15.9. The molecule has 0 unspecified atom stereocenters. The zero-order valence-electron chi connectivity index (χ0n) is 11.3. The molecule has 20 heavy (non-hydrogen) atoms. The highest BCUT2D eigenvalue weighted by Crippen LogP contribution is 2.47. The second-order valence-corrected chi connectivity index (χ2v) is 4.95. The molecule has 5 heteroatoms. The van der Waals surface area contributed by atoms with Gasteiger partial charge in [0.1, 0.15) is 0 Å². The van der Waals surface area contributed by atoms with E-state index >= 15 is 0 Å². The van der Waals surface area contributed by atoms with E-state index in [2.05, 4.69) is 22.3 Å². The van der Waals surface area contributed by atoms with Crippen molar-refractivity contribution >= 4 is 5.97 Å². The Morgan fingerprint density at radius 2 is 2.10 bits per heavy atom. The number of esters is 1. The molecule has 1 fully saturated rings. The van der Waals surface area contributed by atoms with Crippen molar-refractivity contribution in [3.8, 4) is 0 Å². The molecule has 0 bridgehead atoms. The number of benzene rings is 1. The zero-order valence-corrected chi connectivity index (χ0v) is 11.3. The summed E-state index contributed by atoms with van der Waals surface area (Å²) in [5.74, 6) is -0.0455. The number of hydrogen-bond acceptors (Lipinski definition) is 5. The Morgan fingerprint density at radius 1 is 1.35 bits per heavy atom. The summed E-state index contributed by atoms with van der Waals surface area (Å²) in [6.07, 6.45) is 3.07. The Hall–Kier alpha value is -2.17. The van der Waals surface area contributed by atoms with Gasteiger partial charge in [-0.15, -0.1) is 0 Å². The lowest BCUT2D eigenvalue weighted by atomic mass is 9.64. The van der Waals surface area contributed by atoms with Crippen LogP contribution < -0.4 is 0 Å². The van der Waals surface area contributed by atoms with Gasteiger partial charge in [0, 0.05) is 0 Å². The molecule has 3 rings (SSSR count). The van der Waals surface area contributed by atoms with E-state index in [1.54, 1.807) is 6.92 Å². The minimum absolute atomic E-state index is 0.0657. The van der Waals surface area contributed by atoms with Gasteiger partial charge in [-0.1, -0.05) is 41.9 Å². The van der Waals surface area contributed by atoms with Crippen molar-refractivity contribution in [2.24, 2.45) is 0 Å². The van der Waals surface area contributed by atoms with Crippen LogP contribution in [0.1, 0.15) is 48.3 Å². The largest absolute Gasteiger partial charge is 0.459 e. The van der Waals surface area contributed by atoms with Crippen LogP contribution in [0.15, 0.2) is 34.9 Å². The first kappa shape index (κ1) is 12.8. The fourth-order valence-electron chi connectivity index (χ4n) is 2.62. The molecule has 0 amide bonds. The third-order valence-electron chi connectivity index (χ3n) is 3.84. The molecule has 1 saturated carbocycles. The second kappa shape index (κ2) is 5.07. The summed E-state index contributed by atoms with van der Waals surface area (Å²) in [6, 6.07) is 10.1. The Balaban J connectivity index is 1.93. The predicted octanol–water partition coefficient (Wildman–Crippen LogP) is 2.72. The van der Waals surface area contributed by atoms with Crippen LogP contribution in [0.4, 0.5) is 0 Å². The summed E-state index contributed by atoms with van der Waals surface area (Å²) in [5, 5.41) is 4.00. The van der Waals surface area contributed by atoms with Crippen LogP contribution >= 0.6 is 0 Å². The standard InChI is InChI=1S/C15H16N2O3/c1-2-19-13(18)12-16-14(17-20-12)15(9-6-10-15)11-7-4-3-5-8-11/h3-5,7-8H,2,6,9-10H2,1H3. The van der Waals surface area contributed by atoms with Gasteiger partial charge < -0.3 is 9.26 Å². The van der Waals surface area contributed by atoms with Gasteiger partial charge in [0.2, 0.25) is 0 Å². The first-order valence-corrected chi connectivity index (χ1v) is 6.83. The predicted molar refractivity (Wildman–Crippen MR) is 71.3 cm³/mol. The summed E-state index contributed by atoms with van der Waals surface area (Å²) >= 11 is 0. The molecule has 0 spiro atoms. The highest BCUT2D eigenvalue weighted by Gasteiger charge is 2.44. The third-order valence-corrected chi connectivity index (χ3v) is 3.84. The van der Waals surface area contributed by atoms with Gasteiger partial charge in [0.05, 0.1) is 12.0 Å². The minimum atomic E-state index is -0.561. The second-order valence-electron chi connectivity index (χ2n) is 4.95. The number of ether oxygens (including phenoxy) is 1. The molecule has 5 nitrogen and oxygen atoms in total.